The maximum absolute atomic E-state index is 13.5. The molecule has 0 fully saturated rings. The van der Waals surface area contributed by atoms with E-state index in [-0.39, 0.29) is 26.4 Å². The van der Waals surface area contributed by atoms with Crippen molar-refractivity contribution in [2.75, 3.05) is 26.4 Å². The number of hydrogen-bond acceptors (Lipinski definition) is 10. The van der Waals surface area contributed by atoms with Gasteiger partial charge >= 0.3 is 23.9 Å². The number of esters is 4. The number of thiophene rings is 2. The maximum Gasteiger partial charge on any atom is 0.339 e. The lowest BCUT2D eigenvalue weighted by Gasteiger charge is -2.07. The second-order valence-electron chi connectivity index (χ2n) is 10.9. The molecule has 0 aliphatic heterocycles. The molecule has 0 spiro atoms. The van der Waals surface area contributed by atoms with E-state index in [1.807, 2.05) is 60.7 Å². The molecule has 0 amide bonds. The summed E-state index contributed by atoms with van der Waals surface area (Å²) < 4.78 is 22.0. The Kier molecular flexibility index (Phi) is 10.4. The van der Waals surface area contributed by atoms with Crippen LogP contribution >= 0.6 is 22.7 Å². The molecule has 0 unspecified atom stereocenters. The van der Waals surface area contributed by atoms with Gasteiger partial charge in [0.25, 0.3) is 0 Å². The molecule has 6 rings (SSSR count). The SMILES string of the molecule is CCOC(=O)c1c2cccccc-2c(C(=O)OCC)c1-c1ccc(-c2ccc(-c3c(C(=O)OCC)c4cccccc-4c3C(=O)OCC)s2)s1. The monoisotopic (exact) mass is 706 g/mol. The molecule has 0 atom stereocenters. The molecule has 4 aliphatic carbocycles. The van der Waals surface area contributed by atoms with E-state index in [1.165, 1.54) is 22.7 Å². The zero-order chi connectivity index (χ0) is 35.4. The molecule has 0 bridgehead atoms. The second-order valence-corrected chi connectivity index (χ2v) is 13.1. The molecular formula is C40H34O8S2. The standard InChI is InChI=1S/C40H34O8S2/c1-5-45-37(41)31-23-15-11-9-12-16-24(23)32(38(42)46-6-2)35(31)29-21-19-27(49-29)28-20-22-30(50-28)36-33(39(43)47-7-3)25-17-13-10-14-18-26(25)34(36)40(44)48-8-4/h9-22H,5-8H2,1-4H3. The molecule has 0 saturated heterocycles. The molecule has 8 nitrogen and oxygen atoms in total. The van der Waals surface area contributed by atoms with E-state index in [0.717, 1.165) is 9.75 Å². The molecule has 2 heterocycles. The van der Waals surface area contributed by atoms with Crippen molar-refractivity contribution in [2.24, 2.45) is 0 Å². The van der Waals surface area contributed by atoms with E-state index in [0.29, 0.717) is 65.4 Å². The Hall–Kier alpha value is -5.32. The predicted molar refractivity (Wildman–Crippen MR) is 196 cm³/mol. The van der Waals surface area contributed by atoms with Crippen molar-refractivity contribution in [1.29, 1.82) is 0 Å². The van der Waals surface area contributed by atoms with Crippen molar-refractivity contribution in [3.05, 3.63) is 107 Å². The molecule has 0 saturated carbocycles. The summed E-state index contributed by atoms with van der Waals surface area (Å²) >= 11 is 2.82. The van der Waals surface area contributed by atoms with Gasteiger partial charge in [0.05, 0.1) is 48.7 Å². The smallest absolute Gasteiger partial charge is 0.339 e. The average Bonchev–Trinajstić information content (AvgIpc) is 3.83. The van der Waals surface area contributed by atoms with Gasteiger partial charge < -0.3 is 18.9 Å². The third-order valence-corrected chi connectivity index (χ3v) is 10.4. The van der Waals surface area contributed by atoms with Crippen LogP contribution in [0, 0.1) is 0 Å². The molecule has 254 valence electrons. The van der Waals surface area contributed by atoms with E-state index in [4.69, 9.17) is 18.9 Å². The van der Waals surface area contributed by atoms with E-state index in [9.17, 15) is 19.2 Å². The van der Waals surface area contributed by atoms with Gasteiger partial charge in [-0.3, -0.25) is 0 Å². The summed E-state index contributed by atoms with van der Waals surface area (Å²) in [5.41, 5.74) is 4.49. The Morgan fingerprint density at radius 2 is 0.660 bits per heavy atom. The van der Waals surface area contributed by atoms with Crippen molar-refractivity contribution >= 4 is 46.6 Å². The van der Waals surface area contributed by atoms with Crippen molar-refractivity contribution in [3.8, 4) is 52.9 Å². The number of rotatable bonds is 11. The lowest BCUT2D eigenvalue weighted by atomic mass is 10.1. The van der Waals surface area contributed by atoms with Crippen LogP contribution in [0.15, 0.2) is 84.9 Å². The van der Waals surface area contributed by atoms with Gasteiger partial charge in [0, 0.05) is 30.6 Å². The first-order valence-electron chi connectivity index (χ1n) is 16.3. The van der Waals surface area contributed by atoms with Crippen molar-refractivity contribution < 1.29 is 38.1 Å². The Balaban J connectivity index is 1.53. The summed E-state index contributed by atoms with van der Waals surface area (Å²) in [7, 11) is 0. The molecular weight excluding hydrogens is 673 g/mol. The molecule has 2 aromatic rings. The summed E-state index contributed by atoms with van der Waals surface area (Å²) in [6, 6.07) is 25.8. The quantitative estimate of drug-likeness (QED) is 0.0969. The van der Waals surface area contributed by atoms with Crippen molar-refractivity contribution in [1.82, 2.24) is 0 Å². The Labute approximate surface area is 297 Å². The first-order chi connectivity index (χ1) is 24.3. The van der Waals surface area contributed by atoms with Gasteiger partial charge in [0.2, 0.25) is 0 Å². The van der Waals surface area contributed by atoms with E-state index in [2.05, 4.69) is 0 Å². The van der Waals surface area contributed by atoms with E-state index >= 15 is 0 Å². The summed E-state index contributed by atoms with van der Waals surface area (Å²) in [5.74, 6) is -2.12. The molecule has 0 N–H and O–H groups in total. The van der Waals surface area contributed by atoms with Crippen LogP contribution in [0.25, 0.3) is 52.9 Å². The van der Waals surface area contributed by atoms with Gasteiger partial charge in [-0.25, -0.2) is 19.2 Å². The van der Waals surface area contributed by atoms with Crippen LogP contribution in [0.5, 0.6) is 0 Å². The molecule has 0 aromatic carbocycles. The highest BCUT2D eigenvalue weighted by atomic mass is 32.1. The van der Waals surface area contributed by atoms with Crippen LogP contribution in [0.3, 0.4) is 0 Å². The normalized spacial score (nSPS) is 11.0. The largest absolute Gasteiger partial charge is 0.462 e. The first-order valence-corrected chi connectivity index (χ1v) is 18.0. The Morgan fingerprint density at radius 3 is 0.920 bits per heavy atom. The molecule has 4 aliphatic rings. The average molecular weight is 707 g/mol. The van der Waals surface area contributed by atoms with Crippen LogP contribution in [0.1, 0.15) is 69.1 Å². The molecule has 10 heteroatoms. The minimum atomic E-state index is -0.530. The van der Waals surface area contributed by atoms with Gasteiger partial charge in [0.1, 0.15) is 0 Å². The maximum atomic E-state index is 13.5. The number of hydrogen-bond donors (Lipinski definition) is 0. The lowest BCUT2D eigenvalue weighted by Crippen LogP contribution is -2.08. The lowest BCUT2D eigenvalue weighted by molar-refractivity contribution is 0.0512. The summed E-state index contributed by atoms with van der Waals surface area (Å²) in [6.07, 6.45) is 0. The van der Waals surface area contributed by atoms with Crippen LogP contribution in [0.4, 0.5) is 0 Å². The molecule has 2 aromatic heterocycles. The third kappa shape index (κ3) is 6.28. The Bertz CT molecular complexity index is 1900. The van der Waals surface area contributed by atoms with Gasteiger partial charge in [-0.2, -0.15) is 0 Å². The van der Waals surface area contributed by atoms with Gasteiger partial charge in [0.15, 0.2) is 0 Å². The van der Waals surface area contributed by atoms with Crippen LogP contribution in [-0.2, 0) is 18.9 Å². The summed E-state index contributed by atoms with van der Waals surface area (Å²) in [4.78, 5) is 57.1. The van der Waals surface area contributed by atoms with E-state index < -0.39 is 23.9 Å². The fourth-order valence-corrected chi connectivity index (χ4v) is 8.34. The van der Waals surface area contributed by atoms with Crippen LogP contribution in [-0.4, -0.2) is 50.3 Å². The predicted octanol–water partition coefficient (Wildman–Crippen LogP) is 9.73. The third-order valence-electron chi connectivity index (χ3n) is 8.02. The fraction of sp³-hybridized carbons (Fsp3) is 0.200. The summed E-state index contributed by atoms with van der Waals surface area (Å²) in [6.45, 7) is 7.63. The second kappa shape index (κ2) is 15.1. The van der Waals surface area contributed by atoms with Gasteiger partial charge in [-0.05, 0) is 74.2 Å². The van der Waals surface area contributed by atoms with Gasteiger partial charge in [-0.15, -0.1) is 22.7 Å². The van der Waals surface area contributed by atoms with E-state index in [1.54, 1.807) is 52.0 Å². The zero-order valence-corrected chi connectivity index (χ0v) is 29.6. The zero-order valence-electron chi connectivity index (χ0n) is 28.0. The van der Waals surface area contributed by atoms with Crippen molar-refractivity contribution in [3.63, 3.8) is 0 Å². The number of carbonyl (C=O) groups is 4. The molecule has 0 radical (unpaired) electrons. The number of carbonyl (C=O) groups excluding carboxylic acids is 4. The van der Waals surface area contributed by atoms with Crippen LogP contribution in [0.2, 0.25) is 0 Å². The van der Waals surface area contributed by atoms with Crippen LogP contribution < -0.4 is 0 Å². The molecule has 50 heavy (non-hydrogen) atoms. The number of fused-ring (bicyclic) bond motifs is 2. The number of ether oxygens (including phenoxy) is 4. The highest BCUT2D eigenvalue weighted by Gasteiger charge is 2.35. The Morgan fingerprint density at radius 1 is 0.400 bits per heavy atom. The minimum absolute atomic E-state index is 0.170. The topological polar surface area (TPSA) is 105 Å². The van der Waals surface area contributed by atoms with Crippen molar-refractivity contribution in [2.45, 2.75) is 27.7 Å². The first kappa shape index (κ1) is 34.5. The highest BCUT2D eigenvalue weighted by molar-refractivity contribution is 7.25. The summed E-state index contributed by atoms with van der Waals surface area (Å²) in [5, 5.41) is 0. The minimum Gasteiger partial charge on any atom is -0.462 e. The van der Waals surface area contributed by atoms with Gasteiger partial charge in [-0.1, -0.05) is 60.7 Å². The fourth-order valence-electron chi connectivity index (χ4n) is 6.12. The highest BCUT2D eigenvalue weighted by Crippen LogP contribution is 2.50.